The number of anilines is 1. The molecular weight excluding hydrogens is 573 g/mol. The number of likely N-dealkylation sites (tertiary alicyclic amines) is 1. The first-order valence-corrected chi connectivity index (χ1v) is 14.6. The molecule has 1 amide bonds. The van der Waals surface area contributed by atoms with Gasteiger partial charge in [0.1, 0.15) is 35.5 Å². The number of nitrogens with zero attached hydrogens (tertiary/aromatic N) is 6. The van der Waals surface area contributed by atoms with E-state index in [4.69, 9.17) is 9.72 Å². The summed E-state index contributed by atoms with van der Waals surface area (Å²) in [7, 11) is 0. The van der Waals surface area contributed by atoms with Crippen LogP contribution in [-0.4, -0.2) is 68.7 Å². The second-order valence-corrected chi connectivity index (χ2v) is 12.1. The van der Waals surface area contributed by atoms with Gasteiger partial charge < -0.3 is 14.7 Å². The molecule has 0 radical (unpaired) electrons. The van der Waals surface area contributed by atoms with Crippen molar-refractivity contribution >= 4 is 29.9 Å². The number of rotatable bonds is 6. The second-order valence-electron chi connectivity index (χ2n) is 12.1. The van der Waals surface area contributed by atoms with Gasteiger partial charge in [0.2, 0.25) is 0 Å². The number of aromatic nitrogens is 3. The number of hydrogen-bond donors (Lipinski definition) is 1. The van der Waals surface area contributed by atoms with Gasteiger partial charge in [0.05, 0.1) is 36.2 Å². The summed E-state index contributed by atoms with van der Waals surface area (Å²) in [4.78, 5) is 24.5. The average molecular weight is 611 g/mol. The van der Waals surface area contributed by atoms with Gasteiger partial charge in [-0.05, 0) is 71.2 Å². The van der Waals surface area contributed by atoms with Crippen molar-refractivity contribution in [1.29, 1.82) is 0 Å². The largest absolute Gasteiger partial charge is 0.444 e. The van der Waals surface area contributed by atoms with Crippen LogP contribution in [0.25, 0.3) is 5.57 Å². The summed E-state index contributed by atoms with van der Waals surface area (Å²) >= 11 is 0. The molecule has 0 bridgehead atoms. The molecule has 2 aliphatic heterocycles. The standard InChI is InChI=1S/C32H37F3N6O3/c1-6-23(19-16-37-41(17-19)22-11-12-39(29(42)15-22)31(43)44-32(2,3)4)30-26(36-5)9-10-28(38-30)40-18-21(34)14-27(40)24-13-20(33)7-8-25(24)35/h6-10,13,16-17,21-22,27,29,42H,5,11-12,14-15,18H2,1-4H3/b23-6-/t21-,22?,27+,29?/m0/s1. The molecule has 0 spiro atoms. The first kappa shape index (κ1) is 31.2. The quantitative estimate of drug-likeness (QED) is 0.320. The van der Waals surface area contributed by atoms with Gasteiger partial charge in [0.15, 0.2) is 0 Å². The first-order chi connectivity index (χ1) is 20.9. The van der Waals surface area contributed by atoms with Gasteiger partial charge in [-0.2, -0.15) is 5.10 Å². The molecule has 2 saturated heterocycles. The Morgan fingerprint density at radius 3 is 2.66 bits per heavy atom. The van der Waals surface area contributed by atoms with Crippen molar-refractivity contribution in [3.05, 3.63) is 77.3 Å². The molecule has 5 rings (SSSR count). The highest BCUT2D eigenvalue weighted by Crippen LogP contribution is 2.40. The highest BCUT2D eigenvalue weighted by molar-refractivity contribution is 5.84. The molecule has 1 aromatic carbocycles. The Morgan fingerprint density at radius 2 is 1.98 bits per heavy atom. The van der Waals surface area contributed by atoms with E-state index in [2.05, 4.69) is 16.8 Å². The zero-order valence-electron chi connectivity index (χ0n) is 25.3. The summed E-state index contributed by atoms with van der Waals surface area (Å²) in [5.41, 5.74) is 1.78. The lowest BCUT2D eigenvalue weighted by molar-refractivity contribution is -0.0557. The SMILES string of the molecule is C=Nc1ccc(N2C[C@@H](F)C[C@@H]2c2cc(F)ccc2F)nc1/C(=C\C)c1cnn(C2CCN(C(=O)OC(C)(C)C)C(O)C2)c1. The van der Waals surface area contributed by atoms with Gasteiger partial charge >= 0.3 is 6.09 Å². The molecule has 1 N–H and O–H groups in total. The Bertz CT molecular complexity index is 1570. The number of benzene rings is 1. The molecule has 12 heteroatoms. The van der Waals surface area contributed by atoms with Crippen molar-refractivity contribution in [1.82, 2.24) is 19.7 Å². The van der Waals surface area contributed by atoms with Crippen LogP contribution < -0.4 is 4.90 Å². The van der Waals surface area contributed by atoms with Gasteiger partial charge in [-0.3, -0.25) is 14.6 Å². The first-order valence-electron chi connectivity index (χ1n) is 14.6. The number of halogens is 3. The van der Waals surface area contributed by atoms with Crippen molar-refractivity contribution in [2.75, 3.05) is 18.0 Å². The highest BCUT2D eigenvalue weighted by atomic mass is 19.1. The van der Waals surface area contributed by atoms with Crippen LogP contribution in [0.3, 0.4) is 0 Å². The number of carbonyl (C=O) groups excluding carboxylic acids is 1. The van der Waals surface area contributed by atoms with Gasteiger partial charge in [0.25, 0.3) is 0 Å². The molecule has 44 heavy (non-hydrogen) atoms. The van der Waals surface area contributed by atoms with E-state index in [1.807, 2.05) is 19.2 Å². The highest BCUT2D eigenvalue weighted by Gasteiger charge is 2.37. The molecule has 4 heterocycles. The number of pyridine rings is 1. The Morgan fingerprint density at radius 1 is 1.20 bits per heavy atom. The van der Waals surface area contributed by atoms with Gasteiger partial charge in [0, 0.05) is 42.3 Å². The van der Waals surface area contributed by atoms with Crippen LogP contribution in [0.4, 0.5) is 29.5 Å². The minimum atomic E-state index is -1.25. The Kier molecular flexibility index (Phi) is 8.83. The van der Waals surface area contributed by atoms with Gasteiger partial charge in [-0.25, -0.2) is 22.9 Å². The number of amides is 1. The number of allylic oxidation sites excluding steroid dienone is 1. The molecule has 3 aromatic rings. The lowest BCUT2D eigenvalue weighted by Crippen LogP contribution is -2.48. The topological polar surface area (TPSA) is 96.1 Å². The fourth-order valence-electron chi connectivity index (χ4n) is 5.85. The van der Waals surface area contributed by atoms with Crippen LogP contribution in [0.2, 0.25) is 0 Å². The molecule has 2 unspecified atom stereocenters. The third kappa shape index (κ3) is 6.50. The maximum atomic E-state index is 14.7. The zero-order chi connectivity index (χ0) is 31.8. The van der Waals surface area contributed by atoms with Crippen LogP contribution in [0.5, 0.6) is 0 Å². The monoisotopic (exact) mass is 610 g/mol. The number of piperidine rings is 1. The molecule has 2 aromatic heterocycles. The Balaban J connectivity index is 1.40. The minimum absolute atomic E-state index is 0.000681. The number of aliphatic hydroxyl groups excluding tert-OH is 1. The van der Waals surface area contributed by atoms with E-state index >= 15 is 0 Å². The van der Waals surface area contributed by atoms with Crippen molar-refractivity contribution in [3.8, 4) is 0 Å². The summed E-state index contributed by atoms with van der Waals surface area (Å²) in [6.45, 7) is 11.1. The van der Waals surface area contributed by atoms with E-state index in [0.29, 0.717) is 35.7 Å². The van der Waals surface area contributed by atoms with Crippen LogP contribution in [0.15, 0.2) is 53.8 Å². The number of alkyl halides is 1. The van der Waals surface area contributed by atoms with E-state index in [-0.39, 0.29) is 31.0 Å². The molecular formula is C32H37F3N6O3. The van der Waals surface area contributed by atoms with Crippen LogP contribution in [0, 0.1) is 11.6 Å². The number of carbonyl (C=O) groups is 1. The Labute approximate surface area is 254 Å². The zero-order valence-corrected chi connectivity index (χ0v) is 25.3. The summed E-state index contributed by atoms with van der Waals surface area (Å²) < 4.78 is 50.7. The van der Waals surface area contributed by atoms with E-state index in [1.165, 1.54) is 4.90 Å². The summed E-state index contributed by atoms with van der Waals surface area (Å²) in [6.07, 6.45) is 3.38. The van der Waals surface area contributed by atoms with E-state index in [0.717, 1.165) is 23.8 Å². The second kappa shape index (κ2) is 12.4. The lowest BCUT2D eigenvalue weighted by atomic mass is 10.0. The van der Waals surface area contributed by atoms with E-state index < -0.39 is 41.8 Å². The van der Waals surface area contributed by atoms with Crippen molar-refractivity contribution in [3.63, 3.8) is 0 Å². The molecule has 0 aliphatic carbocycles. The van der Waals surface area contributed by atoms with Gasteiger partial charge in [-0.15, -0.1) is 0 Å². The third-order valence-electron chi connectivity index (χ3n) is 7.90. The molecule has 2 aliphatic rings. The Hall–Kier alpha value is -4.19. The van der Waals surface area contributed by atoms with Crippen molar-refractivity contribution in [2.45, 2.75) is 77.0 Å². The van der Waals surface area contributed by atoms with E-state index in [1.54, 1.807) is 48.7 Å². The molecule has 4 atom stereocenters. The van der Waals surface area contributed by atoms with Crippen LogP contribution in [-0.2, 0) is 4.74 Å². The molecule has 9 nitrogen and oxygen atoms in total. The third-order valence-corrected chi connectivity index (χ3v) is 7.90. The fourth-order valence-corrected chi connectivity index (χ4v) is 5.85. The number of aliphatic hydroxyl groups is 1. The van der Waals surface area contributed by atoms with E-state index in [9.17, 15) is 23.1 Å². The predicted molar refractivity (Wildman–Crippen MR) is 162 cm³/mol. The van der Waals surface area contributed by atoms with Crippen molar-refractivity contribution < 1.29 is 27.8 Å². The number of hydrogen-bond acceptors (Lipinski definition) is 7. The molecule has 234 valence electrons. The predicted octanol–water partition coefficient (Wildman–Crippen LogP) is 6.52. The fraction of sp³-hybridized carbons (Fsp3) is 0.438. The lowest BCUT2D eigenvalue weighted by Gasteiger charge is -2.37. The number of ether oxygens (including phenoxy) is 1. The van der Waals surface area contributed by atoms with Crippen LogP contribution in [0.1, 0.15) is 75.9 Å². The maximum Gasteiger partial charge on any atom is 0.412 e. The van der Waals surface area contributed by atoms with Gasteiger partial charge in [-0.1, -0.05) is 6.08 Å². The molecule has 2 fully saturated rings. The average Bonchev–Trinajstić information content (AvgIpc) is 3.61. The van der Waals surface area contributed by atoms with Crippen molar-refractivity contribution in [2.24, 2.45) is 4.99 Å². The number of aliphatic imine (C=N–C) groups is 1. The summed E-state index contributed by atoms with van der Waals surface area (Å²) in [5.74, 6) is -0.811. The molecule has 0 saturated carbocycles. The van der Waals surface area contributed by atoms with Crippen LogP contribution >= 0.6 is 0 Å². The summed E-state index contributed by atoms with van der Waals surface area (Å²) in [5, 5.41) is 15.3. The smallest absolute Gasteiger partial charge is 0.412 e. The minimum Gasteiger partial charge on any atom is -0.444 e. The maximum absolute atomic E-state index is 14.7. The normalized spacial score (nSPS) is 22.8. The summed E-state index contributed by atoms with van der Waals surface area (Å²) in [6, 6.07) is 5.67.